The number of ether oxygens (including phenoxy) is 5. The molecule has 2 amide bonds. The molecule has 3 aliphatic carbocycles. The Hall–Kier alpha value is -6.67. The van der Waals surface area contributed by atoms with E-state index in [1.807, 2.05) is 59.5 Å². The van der Waals surface area contributed by atoms with Crippen LogP contribution in [0.15, 0.2) is 139 Å². The van der Waals surface area contributed by atoms with Crippen LogP contribution in [0.1, 0.15) is 106 Å². The average Bonchev–Trinajstić information content (AvgIpc) is 3.98. The highest BCUT2D eigenvalue weighted by molar-refractivity contribution is 6.03. The molecule has 0 radical (unpaired) electrons. The zero-order valence-corrected chi connectivity index (χ0v) is 43.5. The van der Waals surface area contributed by atoms with Gasteiger partial charge in [-0.3, -0.25) is 10.1 Å². The largest absolute Gasteiger partial charge is 0.497 e. The van der Waals surface area contributed by atoms with Gasteiger partial charge >= 0.3 is 6.09 Å². The number of hydrogen-bond donors (Lipinski definition) is 3. The first-order valence-electron chi connectivity index (χ1n) is 27.0. The van der Waals surface area contributed by atoms with E-state index in [0.29, 0.717) is 66.1 Å². The highest BCUT2D eigenvalue weighted by atomic mass is 16.7. The zero-order valence-electron chi connectivity index (χ0n) is 43.5. The lowest BCUT2D eigenvalue weighted by atomic mass is 9.55. The van der Waals surface area contributed by atoms with Crippen molar-refractivity contribution in [1.82, 2.24) is 4.90 Å². The number of carbonyl (C=O) groups excluding carboxylic acids is 2. The fourth-order valence-corrected chi connectivity index (χ4v) is 12.4. The molecule has 2 fully saturated rings. The number of carbonyl (C=O) groups is 2. The highest BCUT2D eigenvalue weighted by Gasteiger charge is 2.65. The minimum atomic E-state index is -1.47. The number of aliphatic hydroxyl groups excluding tert-OH is 2. The lowest BCUT2D eigenvalue weighted by Crippen LogP contribution is -2.70. The van der Waals surface area contributed by atoms with Crippen molar-refractivity contribution < 1.29 is 48.3 Å². The predicted octanol–water partition coefficient (Wildman–Crippen LogP) is 12.3. The number of nitrogens with zero attached hydrogens (tertiary/aromatic N) is 2. The molecule has 1 heterocycles. The summed E-state index contributed by atoms with van der Waals surface area (Å²) in [5, 5.41) is 30.3. The van der Waals surface area contributed by atoms with Gasteiger partial charge in [-0.05, 0) is 108 Å². The number of unbranched alkanes of at least 4 members (excludes halogenated alkanes) is 2. The van der Waals surface area contributed by atoms with Gasteiger partial charge in [-0.15, -0.1) is 6.58 Å². The molecule has 0 saturated heterocycles. The maximum absolute atomic E-state index is 15.6. The summed E-state index contributed by atoms with van der Waals surface area (Å²) in [6.07, 6.45) is 13.7. The molecule has 6 atom stereocenters. The second kappa shape index (κ2) is 25.2. The summed E-state index contributed by atoms with van der Waals surface area (Å²) < 4.78 is 32.0. The van der Waals surface area contributed by atoms with E-state index in [1.165, 1.54) is 20.0 Å². The first kappa shape index (κ1) is 53.2. The van der Waals surface area contributed by atoms with Crippen molar-refractivity contribution in [2.24, 2.45) is 28.8 Å². The van der Waals surface area contributed by atoms with Crippen molar-refractivity contribution in [2.75, 3.05) is 39.4 Å². The van der Waals surface area contributed by atoms with Crippen molar-refractivity contribution in [2.45, 2.75) is 114 Å². The van der Waals surface area contributed by atoms with E-state index in [-0.39, 0.29) is 56.5 Å². The summed E-state index contributed by atoms with van der Waals surface area (Å²) in [5.41, 5.74) is 4.85. The number of aliphatic hydroxyl groups is 2. The van der Waals surface area contributed by atoms with Gasteiger partial charge in [0.2, 0.25) is 11.7 Å². The van der Waals surface area contributed by atoms with Crippen molar-refractivity contribution in [3.8, 4) is 23.0 Å². The first-order chi connectivity index (χ1) is 36.8. The average molecular weight is 1020 g/mol. The van der Waals surface area contributed by atoms with Crippen LogP contribution < -0.4 is 24.3 Å². The minimum Gasteiger partial charge on any atom is -0.497 e. The molecule has 3 N–H and O–H groups in total. The summed E-state index contributed by atoms with van der Waals surface area (Å²) in [5.74, 6) is -0.0547. The Bertz CT molecular complexity index is 2800. The molecule has 2 saturated carbocycles. The smallest absolute Gasteiger partial charge is 0.417 e. The normalized spacial score (nSPS) is 22.3. The lowest BCUT2D eigenvalue weighted by molar-refractivity contribution is -0.258. The SMILES string of the molecule is C=CCOC12Oc3ccc(OC(=O)Nc4ccc(OC)cc4OC)cc3C3C(CCCCO)C(CCCCO)C=C(C(=NOCc4ccccc4)CC1N(Cc1cccc4ccccc14)C(=O)CCC1CCCC1)C32. The third kappa shape index (κ3) is 12.1. The van der Waals surface area contributed by atoms with E-state index < -0.39 is 23.8 Å². The van der Waals surface area contributed by atoms with E-state index in [9.17, 15) is 15.0 Å². The van der Waals surface area contributed by atoms with E-state index in [2.05, 4.69) is 48.3 Å². The van der Waals surface area contributed by atoms with Gasteiger partial charge in [0.1, 0.15) is 35.6 Å². The molecular formula is C62H73N3O10. The minimum absolute atomic E-state index is 0.000611. The van der Waals surface area contributed by atoms with Crippen LogP contribution in [0.3, 0.4) is 0 Å². The van der Waals surface area contributed by atoms with Gasteiger partial charge < -0.3 is 43.6 Å². The molecule has 4 aliphatic rings. The number of amides is 2. The lowest BCUT2D eigenvalue weighted by Gasteiger charge is -2.60. The van der Waals surface area contributed by atoms with Crippen LogP contribution in [0, 0.1) is 23.7 Å². The molecule has 1 aliphatic heterocycles. The molecule has 5 aromatic carbocycles. The molecular weight excluding hydrogens is 947 g/mol. The third-order valence-corrected chi connectivity index (χ3v) is 15.9. The van der Waals surface area contributed by atoms with E-state index in [0.717, 1.165) is 78.0 Å². The maximum Gasteiger partial charge on any atom is 0.417 e. The number of oxime groups is 1. The van der Waals surface area contributed by atoms with E-state index in [1.54, 1.807) is 37.5 Å². The summed E-state index contributed by atoms with van der Waals surface area (Å²) in [6.45, 7) is 4.93. The zero-order chi connectivity index (χ0) is 52.2. The summed E-state index contributed by atoms with van der Waals surface area (Å²) >= 11 is 0. The molecule has 75 heavy (non-hydrogen) atoms. The Morgan fingerprint density at radius 1 is 0.853 bits per heavy atom. The molecule has 13 heteroatoms. The Morgan fingerprint density at radius 2 is 1.61 bits per heavy atom. The molecule has 13 nitrogen and oxygen atoms in total. The quantitative estimate of drug-likeness (QED) is 0.0309. The Balaban J connectivity index is 1.21. The standard InChI is InChI=1S/C62H73N3O10/c1-4-35-72-62-57(65(58(68)32-27-42-17-8-9-18-42)40-46-24-16-23-44-21-10-11-25-49(44)46)39-54(64-73-41-43-19-6-5-7-20-43)51-36-45(22-12-14-33-66)50(26-13-15-34-67)59(60(51)62)52-37-48(29-31-55(52)75-62)74-61(69)63-53-30-28-47(70-2)38-56(53)71-3/h4-7,10-11,16,19-21,23-25,28-31,36-38,42,45,50,57,59-60,66-67H,1,8-9,12-15,17-18,22,26-27,32-35,39-41H2,2-3H3,(H,63,69). The number of rotatable bonds is 24. The van der Waals surface area contributed by atoms with Gasteiger partial charge in [0.25, 0.3) is 0 Å². The topological polar surface area (TPSA) is 158 Å². The first-order valence-corrected chi connectivity index (χ1v) is 27.0. The van der Waals surface area contributed by atoms with Crippen LogP contribution in [0.4, 0.5) is 10.5 Å². The van der Waals surface area contributed by atoms with E-state index in [4.69, 9.17) is 33.7 Å². The molecule has 5 aromatic rings. The van der Waals surface area contributed by atoms with Crippen LogP contribution in [-0.2, 0) is 27.5 Å². The van der Waals surface area contributed by atoms with Gasteiger partial charge in [0, 0.05) is 50.1 Å². The molecule has 396 valence electrons. The molecule has 0 aromatic heterocycles. The number of nitrogens with one attached hydrogen (secondary N) is 1. The van der Waals surface area contributed by atoms with Gasteiger partial charge in [0.15, 0.2) is 0 Å². The van der Waals surface area contributed by atoms with Crippen LogP contribution in [0.25, 0.3) is 10.8 Å². The maximum atomic E-state index is 15.6. The number of allylic oxidation sites excluding steroid dienone is 1. The van der Waals surface area contributed by atoms with Crippen molar-refractivity contribution in [1.29, 1.82) is 0 Å². The summed E-state index contributed by atoms with van der Waals surface area (Å²) in [4.78, 5) is 37.8. The van der Waals surface area contributed by atoms with Crippen molar-refractivity contribution in [3.05, 3.63) is 150 Å². The van der Waals surface area contributed by atoms with Gasteiger partial charge in [-0.1, -0.05) is 129 Å². The molecule has 9 rings (SSSR count). The van der Waals surface area contributed by atoms with Gasteiger partial charge in [-0.25, -0.2) is 4.79 Å². The van der Waals surface area contributed by atoms with Crippen LogP contribution in [0.5, 0.6) is 23.0 Å². The van der Waals surface area contributed by atoms with Crippen molar-refractivity contribution in [3.63, 3.8) is 0 Å². The fraction of sp³-hybridized carbons (Fsp3) is 0.435. The summed E-state index contributed by atoms with van der Waals surface area (Å²) in [7, 11) is 3.08. The monoisotopic (exact) mass is 1020 g/mol. The van der Waals surface area contributed by atoms with Crippen LogP contribution >= 0.6 is 0 Å². The number of anilines is 1. The number of benzene rings is 5. The molecule has 0 bridgehead atoms. The Morgan fingerprint density at radius 3 is 2.39 bits per heavy atom. The fourth-order valence-electron chi connectivity index (χ4n) is 12.4. The van der Waals surface area contributed by atoms with Crippen molar-refractivity contribution >= 4 is 34.2 Å². The Labute approximate surface area is 441 Å². The number of methoxy groups -OCH3 is 2. The van der Waals surface area contributed by atoms with E-state index >= 15 is 4.79 Å². The van der Waals surface area contributed by atoms with Crippen LogP contribution in [-0.4, -0.2) is 78.7 Å². The second-order valence-electron chi connectivity index (χ2n) is 20.5. The molecule has 6 unspecified atom stereocenters. The van der Waals surface area contributed by atoms with Gasteiger partial charge in [0.05, 0.1) is 38.1 Å². The predicted molar refractivity (Wildman–Crippen MR) is 291 cm³/mol. The summed E-state index contributed by atoms with van der Waals surface area (Å²) in [6, 6.07) is 34.4. The van der Waals surface area contributed by atoms with Gasteiger partial charge in [-0.2, -0.15) is 0 Å². The number of hydrogen-bond acceptors (Lipinski definition) is 11. The number of fused-ring (bicyclic) bond motifs is 3. The molecule has 0 spiro atoms. The third-order valence-electron chi connectivity index (χ3n) is 15.9. The second-order valence-corrected chi connectivity index (χ2v) is 20.5. The Kier molecular flexibility index (Phi) is 17.9. The highest BCUT2D eigenvalue weighted by Crippen LogP contribution is 2.62. The van der Waals surface area contributed by atoms with Crippen LogP contribution in [0.2, 0.25) is 0 Å².